The van der Waals surface area contributed by atoms with E-state index in [0.29, 0.717) is 6.04 Å². The summed E-state index contributed by atoms with van der Waals surface area (Å²) in [4.78, 5) is 5.49. The topological polar surface area (TPSA) is 15.3 Å². The van der Waals surface area contributed by atoms with E-state index in [9.17, 15) is 0 Å². The van der Waals surface area contributed by atoms with Crippen LogP contribution in [0.15, 0.2) is 58.3 Å². The van der Waals surface area contributed by atoms with Gasteiger partial charge >= 0.3 is 0 Å². The third-order valence-corrected chi connectivity index (χ3v) is 5.69. The van der Waals surface area contributed by atoms with Crippen LogP contribution in [0.4, 0.5) is 0 Å². The molecule has 0 radical (unpaired) electrons. The standard InChI is InChI=1S/C18H20N2S/c1-3-7-17-14(5-1)13-16(20-11-9-19-10-12-20)15-6-2-4-8-18(15)21-17/h1-8,16,19H,9-13H2. The molecule has 0 aromatic heterocycles. The lowest BCUT2D eigenvalue weighted by molar-refractivity contribution is 0.170. The Kier molecular flexibility index (Phi) is 3.72. The Morgan fingerprint density at radius 3 is 2.48 bits per heavy atom. The molecular weight excluding hydrogens is 276 g/mol. The van der Waals surface area contributed by atoms with E-state index in [2.05, 4.69) is 58.7 Å². The largest absolute Gasteiger partial charge is 0.314 e. The highest BCUT2D eigenvalue weighted by molar-refractivity contribution is 7.99. The summed E-state index contributed by atoms with van der Waals surface area (Å²) in [6.45, 7) is 4.50. The van der Waals surface area contributed by atoms with Crippen molar-refractivity contribution in [2.24, 2.45) is 0 Å². The van der Waals surface area contributed by atoms with Crippen molar-refractivity contribution >= 4 is 11.8 Å². The van der Waals surface area contributed by atoms with E-state index in [4.69, 9.17) is 0 Å². The third-order valence-electron chi connectivity index (χ3n) is 4.48. The second kappa shape index (κ2) is 5.84. The summed E-state index contributed by atoms with van der Waals surface area (Å²) in [7, 11) is 0. The van der Waals surface area contributed by atoms with Crippen molar-refractivity contribution < 1.29 is 0 Å². The second-order valence-electron chi connectivity index (χ2n) is 5.75. The van der Waals surface area contributed by atoms with E-state index in [1.807, 2.05) is 11.8 Å². The van der Waals surface area contributed by atoms with Crippen molar-refractivity contribution in [3.63, 3.8) is 0 Å². The molecule has 1 fully saturated rings. The van der Waals surface area contributed by atoms with E-state index in [-0.39, 0.29) is 0 Å². The molecule has 2 heterocycles. The fourth-order valence-corrected chi connectivity index (χ4v) is 4.51. The molecule has 0 amide bonds. The molecule has 3 heteroatoms. The summed E-state index contributed by atoms with van der Waals surface area (Å²) in [5.41, 5.74) is 2.99. The number of hydrogen-bond donors (Lipinski definition) is 1. The summed E-state index contributed by atoms with van der Waals surface area (Å²) in [5, 5.41) is 3.47. The Balaban J connectivity index is 1.78. The number of piperazine rings is 1. The van der Waals surface area contributed by atoms with Gasteiger partial charge in [-0.1, -0.05) is 48.2 Å². The highest BCUT2D eigenvalue weighted by atomic mass is 32.2. The van der Waals surface area contributed by atoms with E-state index in [1.165, 1.54) is 20.9 Å². The average Bonchev–Trinajstić information content (AvgIpc) is 2.72. The van der Waals surface area contributed by atoms with E-state index in [0.717, 1.165) is 32.6 Å². The van der Waals surface area contributed by atoms with Crippen LogP contribution >= 0.6 is 11.8 Å². The van der Waals surface area contributed by atoms with E-state index >= 15 is 0 Å². The Bertz CT molecular complexity index is 635. The van der Waals surface area contributed by atoms with Crippen LogP contribution in [0.1, 0.15) is 17.2 Å². The minimum atomic E-state index is 0.513. The number of nitrogens with zero attached hydrogens (tertiary/aromatic N) is 1. The van der Waals surface area contributed by atoms with Gasteiger partial charge in [0.25, 0.3) is 0 Å². The minimum absolute atomic E-state index is 0.513. The predicted octanol–water partition coefficient (Wildman–Crippen LogP) is 3.34. The highest BCUT2D eigenvalue weighted by Crippen LogP contribution is 2.42. The average molecular weight is 296 g/mol. The SMILES string of the molecule is c1ccc2c(c1)CC(N1CCNCC1)c1ccccc1S2. The molecule has 4 rings (SSSR count). The maximum atomic E-state index is 3.47. The normalized spacial score (nSPS) is 22.2. The molecule has 21 heavy (non-hydrogen) atoms. The van der Waals surface area contributed by atoms with Crippen molar-refractivity contribution in [3.8, 4) is 0 Å². The van der Waals surface area contributed by atoms with Gasteiger partial charge in [-0.2, -0.15) is 0 Å². The lowest BCUT2D eigenvalue weighted by Crippen LogP contribution is -2.45. The molecule has 2 aliphatic rings. The van der Waals surface area contributed by atoms with Crippen LogP contribution in [0.5, 0.6) is 0 Å². The van der Waals surface area contributed by atoms with Gasteiger partial charge in [-0.25, -0.2) is 0 Å². The Labute approximate surface area is 130 Å². The molecule has 1 N–H and O–H groups in total. The van der Waals surface area contributed by atoms with Gasteiger partial charge in [0, 0.05) is 42.0 Å². The van der Waals surface area contributed by atoms with Crippen LogP contribution < -0.4 is 5.32 Å². The number of hydrogen-bond acceptors (Lipinski definition) is 3. The van der Waals surface area contributed by atoms with Crippen LogP contribution in [0.3, 0.4) is 0 Å². The van der Waals surface area contributed by atoms with Crippen molar-refractivity contribution in [3.05, 3.63) is 59.7 Å². The minimum Gasteiger partial charge on any atom is -0.314 e. The first-order valence-corrected chi connectivity index (χ1v) is 8.53. The zero-order chi connectivity index (χ0) is 14.1. The zero-order valence-corrected chi connectivity index (χ0v) is 12.9. The fraction of sp³-hybridized carbons (Fsp3) is 0.333. The summed E-state index contributed by atoms with van der Waals surface area (Å²) >= 11 is 1.93. The van der Waals surface area contributed by atoms with Gasteiger partial charge in [0.1, 0.15) is 0 Å². The van der Waals surface area contributed by atoms with Gasteiger partial charge in [0.05, 0.1) is 0 Å². The number of rotatable bonds is 1. The van der Waals surface area contributed by atoms with Gasteiger partial charge in [-0.3, -0.25) is 4.90 Å². The molecule has 1 unspecified atom stereocenters. The van der Waals surface area contributed by atoms with Crippen molar-refractivity contribution in [2.45, 2.75) is 22.3 Å². The smallest absolute Gasteiger partial charge is 0.0401 e. The molecule has 2 aliphatic heterocycles. The maximum Gasteiger partial charge on any atom is 0.0401 e. The summed E-state index contributed by atoms with van der Waals surface area (Å²) < 4.78 is 0. The number of fused-ring (bicyclic) bond motifs is 2. The molecule has 0 aliphatic carbocycles. The van der Waals surface area contributed by atoms with Crippen LogP contribution in [0, 0.1) is 0 Å². The highest BCUT2D eigenvalue weighted by Gasteiger charge is 2.27. The molecule has 0 spiro atoms. The first-order chi connectivity index (χ1) is 10.4. The first-order valence-electron chi connectivity index (χ1n) is 7.71. The molecule has 1 saturated heterocycles. The Hall–Kier alpha value is -1.29. The molecule has 1 atom stereocenters. The molecule has 108 valence electrons. The Morgan fingerprint density at radius 1 is 0.905 bits per heavy atom. The zero-order valence-electron chi connectivity index (χ0n) is 12.1. The van der Waals surface area contributed by atoms with Crippen molar-refractivity contribution in [2.75, 3.05) is 26.2 Å². The van der Waals surface area contributed by atoms with Crippen molar-refractivity contribution in [1.82, 2.24) is 10.2 Å². The van der Waals surface area contributed by atoms with Crippen LogP contribution in [-0.2, 0) is 6.42 Å². The molecular formula is C18H20N2S. The number of benzene rings is 2. The third kappa shape index (κ3) is 2.61. The lowest BCUT2D eigenvalue weighted by atomic mass is 9.97. The molecule has 0 saturated carbocycles. The quantitative estimate of drug-likeness (QED) is 0.869. The van der Waals surface area contributed by atoms with E-state index < -0.39 is 0 Å². The van der Waals surface area contributed by atoms with Crippen molar-refractivity contribution in [1.29, 1.82) is 0 Å². The van der Waals surface area contributed by atoms with Gasteiger partial charge in [-0.15, -0.1) is 0 Å². The monoisotopic (exact) mass is 296 g/mol. The molecule has 2 aromatic rings. The summed E-state index contributed by atoms with van der Waals surface area (Å²) in [6, 6.07) is 18.3. The molecule has 2 aromatic carbocycles. The second-order valence-corrected chi connectivity index (χ2v) is 6.84. The van der Waals surface area contributed by atoms with Gasteiger partial charge < -0.3 is 5.32 Å². The molecule has 2 nitrogen and oxygen atoms in total. The van der Waals surface area contributed by atoms with Gasteiger partial charge in [0.15, 0.2) is 0 Å². The van der Waals surface area contributed by atoms with Crippen LogP contribution in [0.2, 0.25) is 0 Å². The first kappa shape index (κ1) is 13.4. The number of nitrogens with one attached hydrogen (secondary N) is 1. The van der Waals surface area contributed by atoms with Gasteiger partial charge in [0.2, 0.25) is 0 Å². The maximum absolute atomic E-state index is 3.47. The van der Waals surface area contributed by atoms with Crippen LogP contribution in [-0.4, -0.2) is 31.1 Å². The van der Waals surface area contributed by atoms with Gasteiger partial charge in [-0.05, 0) is 29.7 Å². The fourth-order valence-electron chi connectivity index (χ4n) is 3.38. The molecule has 0 bridgehead atoms. The van der Waals surface area contributed by atoms with E-state index in [1.54, 1.807) is 0 Å². The Morgan fingerprint density at radius 2 is 1.62 bits per heavy atom. The van der Waals surface area contributed by atoms with Crippen LogP contribution in [0.25, 0.3) is 0 Å². The summed E-state index contributed by atoms with van der Waals surface area (Å²) in [5.74, 6) is 0. The lowest BCUT2D eigenvalue weighted by Gasteiger charge is -2.35. The predicted molar refractivity (Wildman–Crippen MR) is 87.9 cm³/mol. The summed E-state index contributed by atoms with van der Waals surface area (Å²) in [6.07, 6.45) is 1.13.